The number of hydrogen-bond acceptors (Lipinski definition) is 1. The minimum absolute atomic E-state index is 0.167. The molecule has 0 saturated carbocycles. The summed E-state index contributed by atoms with van der Waals surface area (Å²) in [7, 11) is 0. The fraction of sp³-hybridized carbons (Fsp3) is 0.269. The number of benzene rings is 3. The summed E-state index contributed by atoms with van der Waals surface area (Å²) in [5, 5.41) is 0. The predicted molar refractivity (Wildman–Crippen MR) is 122 cm³/mol. The molecule has 0 aromatic heterocycles. The van der Waals surface area contributed by atoms with E-state index in [1.165, 1.54) is 43.2 Å². The Hall–Kier alpha value is -1.79. The summed E-state index contributed by atoms with van der Waals surface area (Å²) in [6.07, 6.45) is 0. The summed E-state index contributed by atoms with van der Waals surface area (Å²) < 4.78 is 4.34. The number of Topliss-reactive ketones (excluding diaryl/α,β-unsaturated/α-hetero) is 1. The molecule has 2 heteroatoms. The van der Waals surface area contributed by atoms with Crippen LogP contribution in [0.3, 0.4) is 0 Å². The molecule has 0 radical (unpaired) electrons. The zero-order chi connectivity index (χ0) is 20.6. The van der Waals surface area contributed by atoms with Gasteiger partial charge in [-0.25, -0.2) is 0 Å². The predicted octanol–water partition coefficient (Wildman–Crippen LogP) is 4.26. The van der Waals surface area contributed by atoms with E-state index < -0.39 is 21.8 Å². The van der Waals surface area contributed by atoms with E-state index in [1.54, 1.807) is 6.92 Å². The minimum atomic E-state index is -2.69. The molecule has 3 aromatic carbocycles. The van der Waals surface area contributed by atoms with Crippen molar-refractivity contribution in [3.05, 3.63) is 87.5 Å². The molecule has 0 bridgehead atoms. The van der Waals surface area contributed by atoms with Gasteiger partial charge >= 0.3 is 178 Å². The van der Waals surface area contributed by atoms with Crippen LogP contribution in [0.5, 0.6) is 0 Å². The van der Waals surface area contributed by atoms with Gasteiger partial charge in [-0.1, -0.05) is 0 Å². The van der Waals surface area contributed by atoms with E-state index in [4.69, 9.17) is 0 Å². The molecule has 0 aliphatic heterocycles. The number of rotatable bonds is 4. The topological polar surface area (TPSA) is 17.1 Å². The quantitative estimate of drug-likeness (QED) is 0.341. The SMILES string of the molecule is CC(=O)c1cccc[c]1[Bi]([c]1c(C)cc(C)cc1C)[c]1c(C)cc(C)cc1C. The maximum atomic E-state index is 12.5. The first-order valence-electron chi connectivity index (χ1n) is 9.76. The second kappa shape index (κ2) is 8.30. The fourth-order valence-electron chi connectivity index (χ4n) is 4.37. The third-order valence-electron chi connectivity index (χ3n) is 5.24. The molecule has 3 rings (SSSR count). The first kappa shape index (κ1) is 20.9. The maximum absolute atomic E-state index is 12.5. The summed E-state index contributed by atoms with van der Waals surface area (Å²) in [6.45, 7) is 15.0. The van der Waals surface area contributed by atoms with Crippen LogP contribution in [0, 0.1) is 41.5 Å². The van der Waals surface area contributed by atoms with Gasteiger partial charge in [-0.3, -0.25) is 0 Å². The normalized spacial score (nSPS) is 11.1. The van der Waals surface area contributed by atoms with Crippen LogP contribution in [0.2, 0.25) is 0 Å². The Balaban J connectivity index is 2.43. The second-order valence-corrected chi connectivity index (χ2v) is 15.9. The van der Waals surface area contributed by atoms with Crippen molar-refractivity contribution in [3.63, 3.8) is 0 Å². The van der Waals surface area contributed by atoms with Gasteiger partial charge in [-0.15, -0.1) is 0 Å². The first-order valence-corrected chi connectivity index (χ1v) is 15.0. The molecule has 0 aliphatic rings. The van der Waals surface area contributed by atoms with Gasteiger partial charge in [0.2, 0.25) is 0 Å². The van der Waals surface area contributed by atoms with Crippen molar-refractivity contribution in [3.8, 4) is 0 Å². The van der Waals surface area contributed by atoms with Gasteiger partial charge < -0.3 is 0 Å². The standard InChI is InChI=1S/2C9H11.C8H7O.Bi/c2*1-7-4-8(2)6-9(3)5-7;1-7(9)8-5-3-2-4-6-8;/h2*4-5H,1-3H3;2-5H,1H3;. The molecule has 3 aromatic rings. The molecule has 0 atom stereocenters. The van der Waals surface area contributed by atoms with Crippen molar-refractivity contribution >= 4 is 37.3 Å². The van der Waals surface area contributed by atoms with Crippen molar-refractivity contribution < 1.29 is 4.79 Å². The van der Waals surface area contributed by atoms with Crippen LogP contribution in [0.1, 0.15) is 50.7 Å². The zero-order valence-corrected chi connectivity index (χ0v) is 21.5. The molecule has 28 heavy (non-hydrogen) atoms. The van der Waals surface area contributed by atoms with E-state index in [2.05, 4.69) is 77.9 Å². The monoisotopic (exact) mass is 566 g/mol. The number of carbonyl (C=O) groups is 1. The van der Waals surface area contributed by atoms with Crippen molar-refractivity contribution in [2.75, 3.05) is 0 Å². The molecular formula is C26H29BiO. The summed E-state index contributed by atoms with van der Waals surface area (Å²) in [5.41, 5.74) is 8.99. The summed E-state index contributed by atoms with van der Waals surface area (Å²) >= 11 is -2.69. The Labute approximate surface area is 177 Å². The summed E-state index contributed by atoms with van der Waals surface area (Å²) in [6, 6.07) is 17.5. The summed E-state index contributed by atoms with van der Waals surface area (Å²) in [5.74, 6) is 0.167. The van der Waals surface area contributed by atoms with Gasteiger partial charge in [0.15, 0.2) is 0 Å². The van der Waals surface area contributed by atoms with E-state index in [9.17, 15) is 4.79 Å². The third kappa shape index (κ3) is 3.99. The molecule has 0 N–H and O–H groups in total. The molecule has 144 valence electrons. The van der Waals surface area contributed by atoms with Gasteiger partial charge in [0.1, 0.15) is 0 Å². The van der Waals surface area contributed by atoms with Crippen molar-refractivity contribution in [1.82, 2.24) is 0 Å². The van der Waals surface area contributed by atoms with Gasteiger partial charge in [-0.2, -0.15) is 0 Å². The average molecular weight is 566 g/mol. The van der Waals surface area contributed by atoms with E-state index >= 15 is 0 Å². The first-order chi connectivity index (χ1) is 13.2. The van der Waals surface area contributed by atoms with Crippen LogP contribution in [0.25, 0.3) is 0 Å². The molecular weight excluding hydrogens is 537 g/mol. The fourth-order valence-corrected chi connectivity index (χ4v) is 16.4. The Morgan fingerprint density at radius 2 is 1.07 bits per heavy atom. The molecule has 0 saturated heterocycles. The number of carbonyl (C=O) groups excluding carboxylic acids is 1. The van der Waals surface area contributed by atoms with Gasteiger partial charge in [0.05, 0.1) is 0 Å². The summed E-state index contributed by atoms with van der Waals surface area (Å²) in [4.78, 5) is 12.5. The molecule has 0 fully saturated rings. The van der Waals surface area contributed by atoms with Crippen molar-refractivity contribution in [1.29, 1.82) is 0 Å². The molecule has 0 spiro atoms. The van der Waals surface area contributed by atoms with Gasteiger partial charge in [-0.05, 0) is 0 Å². The Morgan fingerprint density at radius 3 is 1.46 bits per heavy atom. The van der Waals surface area contributed by atoms with Crippen molar-refractivity contribution in [2.24, 2.45) is 0 Å². The zero-order valence-electron chi connectivity index (χ0n) is 18.0. The van der Waals surface area contributed by atoms with Gasteiger partial charge in [0.25, 0.3) is 0 Å². The Bertz CT molecular complexity index is 958. The molecule has 0 unspecified atom stereocenters. The number of ketones is 1. The van der Waals surface area contributed by atoms with E-state index in [0.717, 1.165) is 5.56 Å². The second-order valence-electron chi connectivity index (χ2n) is 7.90. The van der Waals surface area contributed by atoms with E-state index in [0.29, 0.717) is 0 Å². The number of hydrogen-bond donors (Lipinski definition) is 0. The Morgan fingerprint density at radius 1 is 0.679 bits per heavy atom. The third-order valence-corrected chi connectivity index (χ3v) is 17.6. The number of aryl methyl sites for hydroxylation is 6. The van der Waals surface area contributed by atoms with Crippen LogP contribution < -0.4 is 9.81 Å². The van der Waals surface area contributed by atoms with Crippen LogP contribution in [-0.4, -0.2) is 27.5 Å². The molecule has 0 amide bonds. The van der Waals surface area contributed by atoms with Crippen molar-refractivity contribution in [2.45, 2.75) is 48.5 Å². The van der Waals surface area contributed by atoms with E-state index in [1.807, 2.05) is 12.1 Å². The molecule has 0 heterocycles. The van der Waals surface area contributed by atoms with Gasteiger partial charge in [0, 0.05) is 0 Å². The average Bonchev–Trinajstić information content (AvgIpc) is 2.58. The molecule has 0 aliphatic carbocycles. The Kier molecular flexibility index (Phi) is 6.20. The molecule has 1 nitrogen and oxygen atoms in total. The van der Waals surface area contributed by atoms with Crippen LogP contribution >= 0.6 is 0 Å². The van der Waals surface area contributed by atoms with Crippen LogP contribution in [0.4, 0.5) is 0 Å². The van der Waals surface area contributed by atoms with E-state index in [-0.39, 0.29) is 5.78 Å². The van der Waals surface area contributed by atoms with Crippen LogP contribution in [0.15, 0.2) is 48.5 Å². The van der Waals surface area contributed by atoms with Crippen LogP contribution in [-0.2, 0) is 0 Å².